The number of aromatic amines is 1. The largest absolute Gasteiger partial charge is 0.331 e. The molecule has 2 aromatic rings. The van der Waals surface area contributed by atoms with E-state index >= 15 is 0 Å². The smallest absolute Gasteiger partial charge is 0.178 e. The summed E-state index contributed by atoms with van der Waals surface area (Å²) in [4.78, 5) is 3.12. The first kappa shape index (κ1) is 10.7. The van der Waals surface area contributed by atoms with Crippen molar-refractivity contribution >= 4 is 23.3 Å². The van der Waals surface area contributed by atoms with E-state index < -0.39 is 0 Å². The number of aromatic nitrogens is 2. The summed E-state index contributed by atoms with van der Waals surface area (Å²) in [6.07, 6.45) is 2.72. The van der Waals surface area contributed by atoms with Crippen LogP contribution in [0.15, 0.2) is 30.9 Å². The Kier molecular flexibility index (Phi) is 2.88. The van der Waals surface area contributed by atoms with Crippen LogP contribution < -0.4 is 0 Å². The summed E-state index contributed by atoms with van der Waals surface area (Å²) in [5.74, 6) is 0. The molecule has 0 atom stereocenters. The van der Waals surface area contributed by atoms with Gasteiger partial charge in [0.25, 0.3) is 0 Å². The second kappa shape index (κ2) is 4.33. The van der Waals surface area contributed by atoms with E-state index in [-0.39, 0.29) is 0 Å². The molecule has 0 amide bonds. The van der Waals surface area contributed by atoms with Crippen molar-refractivity contribution in [1.82, 2.24) is 9.55 Å². The maximum Gasteiger partial charge on any atom is 0.178 e. The fourth-order valence-corrected chi connectivity index (χ4v) is 1.96. The number of nitrogens with one attached hydrogen (secondary N) is 1. The second-order valence-corrected chi connectivity index (χ2v) is 3.89. The van der Waals surface area contributed by atoms with Crippen molar-refractivity contribution in [3.63, 3.8) is 0 Å². The molecule has 1 heterocycles. The summed E-state index contributed by atoms with van der Waals surface area (Å²) in [5.41, 5.74) is 2.59. The third-order valence-corrected chi connectivity index (χ3v) is 2.78. The van der Waals surface area contributed by atoms with E-state index in [1.165, 1.54) is 0 Å². The average Bonchev–Trinajstić information content (AvgIpc) is 2.61. The van der Waals surface area contributed by atoms with Gasteiger partial charge < -0.3 is 9.55 Å². The number of H-pyrrole nitrogens is 1. The van der Waals surface area contributed by atoms with E-state index in [4.69, 9.17) is 17.5 Å². The number of allylic oxidation sites excluding steroid dienone is 1. The molecule has 0 spiro atoms. The average molecular weight is 229 g/mol. The molecule has 0 saturated carbocycles. The molecule has 1 aromatic carbocycles. The van der Waals surface area contributed by atoms with Crippen molar-refractivity contribution in [2.75, 3.05) is 0 Å². The van der Waals surface area contributed by atoms with E-state index in [9.17, 15) is 0 Å². The standard InChI is InChI=1S/C12H11N3S/c1-2-3-6-15-11-7-9(8-13)4-5-10(11)14-12(15)16/h2,4-5,7H,1,3,6H2,(H,14,16). The first-order valence-corrected chi connectivity index (χ1v) is 5.40. The van der Waals surface area contributed by atoms with Crippen LogP contribution in [0.4, 0.5) is 0 Å². The molecule has 0 bridgehead atoms. The summed E-state index contributed by atoms with van der Waals surface area (Å²) in [6.45, 7) is 4.48. The lowest BCUT2D eigenvalue weighted by molar-refractivity contribution is 0.721. The quantitative estimate of drug-likeness (QED) is 0.649. The van der Waals surface area contributed by atoms with Gasteiger partial charge in [-0.2, -0.15) is 5.26 Å². The number of fused-ring (bicyclic) bond motifs is 1. The number of nitriles is 1. The van der Waals surface area contributed by atoms with Gasteiger partial charge in [-0.15, -0.1) is 6.58 Å². The van der Waals surface area contributed by atoms with Gasteiger partial charge in [0.05, 0.1) is 22.7 Å². The molecule has 1 N–H and O–H groups in total. The summed E-state index contributed by atoms with van der Waals surface area (Å²) in [6, 6.07) is 7.65. The predicted molar refractivity (Wildman–Crippen MR) is 66.7 cm³/mol. The van der Waals surface area contributed by atoms with E-state index in [1.54, 1.807) is 6.07 Å². The number of nitrogens with zero attached hydrogens (tertiary/aromatic N) is 2. The molecule has 0 radical (unpaired) electrons. The summed E-state index contributed by atoms with van der Waals surface area (Å²) < 4.78 is 2.68. The molecule has 80 valence electrons. The molecule has 0 fully saturated rings. The van der Waals surface area contributed by atoms with Gasteiger partial charge in [-0.1, -0.05) is 6.08 Å². The predicted octanol–water partition coefficient (Wildman–Crippen LogP) is 3.15. The number of rotatable bonds is 3. The molecule has 0 saturated heterocycles. The van der Waals surface area contributed by atoms with Gasteiger partial charge in [0.15, 0.2) is 4.77 Å². The Morgan fingerprint density at radius 3 is 3.06 bits per heavy atom. The minimum Gasteiger partial charge on any atom is -0.331 e. The Balaban J connectivity index is 2.62. The maximum atomic E-state index is 8.86. The Morgan fingerprint density at radius 1 is 1.56 bits per heavy atom. The van der Waals surface area contributed by atoms with Crippen molar-refractivity contribution in [2.45, 2.75) is 13.0 Å². The lowest BCUT2D eigenvalue weighted by Gasteiger charge is -2.01. The second-order valence-electron chi connectivity index (χ2n) is 3.50. The molecular formula is C12H11N3S. The Hall–Kier alpha value is -1.86. The molecule has 16 heavy (non-hydrogen) atoms. The third kappa shape index (κ3) is 1.77. The molecule has 2 rings (SSSR count). The van der Waals surface area contributed by atoms with E-state index in [2.05, 4.69) is 17.6 Å². The van der Waals surface area contributed by atoms with Crippen molar-refractivity contribution in [2.24, 2.45) is 0 Å². The van der Waals surface area contributed by atoms with Crippen LogP contribution in [-0.4, -0.2) is 9.55 Å². The van der Waals surface area contributed by atoms with E-state index in [0.717, 1.165) is 24.0 Å². The van der Waals surface area contributed by atoms with Crippen LogP contribution in [0, 0.1) is 16.1 Å². The lowest BCUT2D eigenvalue weighted by atomic mass is 10.2. The van der Waals surface area contributed by atoms with Crippen molar-refractivity contribution in [1.29, 1.82) is 5.26 Å². The van der Waals surface area contributed by atoms with Gasteiger partial charge in [0.2, 0.25) is 0 Å². The molecule has 0 aliphatic heterocycles. The van der Waals surface area contributed by atoms with Crippen LogP contribution >= 0.6 is 12.2 Å². The highest BCUT2D eigenvalue weighted by Crippen LogP contribution is 2.16. The Morgan fingerprint density at radius 2 is 2.38 bits per heavy atom. The van der Waals surface area contributed by atoms with Crippen molar-refractivity contribution in [3.05, 3.63) is 41.2 Å². The third-order valence-electron chi connectivity index (χ3n) is 2.46. The van der Waals surface area contributed by atoms with Gasteiger partial charge in [0.1, 0.15) is 0 Å². The Bertz CT molecular complexity index is 628. The number of aryl methyl sites for hydroxylation is 1. The summed E-state index contributed by atoms with van der Waals surface area (Å²) in [7, 11) is 0. The molecular weight excluding hydrogens is 218 g/mol. The van der Waals surface area contributed by atoms with Crippen molar-refractivity contribution in [3.8, 4) is 6.07 Å². The summed E-state index contributed by atoms with van der Waals surface area (Å²) in [5, 5.41) is 8.86. The highest BCUT2D eigenvalue weighted by atomic mass is 32.1. The maximum absolute atomic E-state index is 8.86. The van der Waals surface area contributed by atoms with Crippen LogP contribution in [-0.2, 0) is 6.54 Å². The van der Waals surface area contributed by atoms with Gasteiger partial charge in [-0.25, -0.2) is 0 Å². The molecule has 3 nitrogen and oxygen atoms in total. The summed E-state index contributed by atoms with van der Waals surface area (Å²) >= 11 is 5.24. The normalized spacial score (nSPS) is 10.2. The molecule has 0 aliphatic rings. The lowest BCUT2D eigenvalue weighted by Crippen LogP contribution is -1.96. The number of hydrogen-bond donors (Lipinski definition) is 1. The van der Waals surface area contributed by atoms with Crippen LogP contribution in [0.3, 0.4) is 0 Å². The molecule has 1 aromatic heterocycles. The topological polar surface area (TPSA) is 44.5 Å². The van der Waals surface area contributed by atoms with Crippen LogP contribution in [0.25, 0.3) is 11.0 Å². The number of benzene rings is 1. The minimum absolute atomic E-state index is 0.647. The van der Waals surface area contributed by atoms with Crippen molar-refractivity contribution < 1.29 is 0 Å². The van der Waals surface area contributed by atoms with E-state index in [0.29, 0.717) is 10.3 Å². The van der Waals surface area contributed by atoms with E-state index in [1.807, 2.05) is 22.8 Å². The van der Waals surface area contributed by atoms with Crippen LogP contribution in [0.2, 0.25) is 0 Å². The fraction of sp³-hybridized carbons (Fsp3) is 0.167. The Labute approximate surface area is 98.6 Å². The first-order chi connectivity index (χ1) is 7.76. The molecule has 0 unspecified atom stereocenters. The van der Waals surface area contributed by atoms with Crippen LogP contribution in [0.5, 0.6) is 0 Å². The molecule has 0 aliphatic carbocycles. The zero-order valence-corrected chi connectivity index (χ0v) is 9.55. The highest BCUT2D eigenvalue weighted by molar-refractivity contribution is 7.71. The molecule has 4 heteroatoms. The zero-order valence-electron chi connectivity index (χ0n) is 8.73. The van der Waals surface area contributed by atoms with Gasteiger partial charge >= 0.3 is 0 Å². The monoisotopic (exact) mass is 229 g/mol. The van der Waals surface area contributed by atoms with Gasteiger partial charge in [0, 0.05) is 6.54 Å². The SMILES string of the molecule is C=CCCn1c(=S)[nH]c2ccc(C#N)cc21. The highest BCUT2D eigenvalue weighted by Gasteiger charge is 2.04. The number of imidazole rings is 1. The van der Waals surface area contributed by atoms with Gasteiger partial charge in [-0.3, -0.25) is 0 Å². The first-order valence-electron chi connectivity index (χ1n) is 5.00. The van der Waals surface area contributed by atoms with Crippen LogP contribution in [0.1, 0.15) is 12.0 Å². The zero-order chi connectivity index (χ0) is 11.5. The van der Waals surface area contributed by atoms with Gasteiger partial charge in [-0.05, 0) is 36.8 Å². The minimum atomic E-state index is 0.647. The fourth-order valence-electron chi connectivity index (χ4n) is 1.66. The number of hydrogen-bond acceptors (Lipinski definition) is 2.